The van der Waals surface area contributed by atoms with Gasteiger partial charge in [0.1, 0.15) is 6.29 Å². The van der Waals surface area contributed by atoms with Gasteiger partial charge in [0.15, 0.2) is 0 Å². The van der Waals surface area contributed by atoms with Crippen molar-refractivity contribution in [3.8, 4) is 0 Å². The van der Waals surface area contributed by atoms with Crippen LogP contribution in [-0.2, 0) is 16.1 Å². The summed E-state index contributed by atoms with van der Waals surface area (Å²) in [5.74, 6) is 0.109. The van der Waals surface area contributed by atoms with Crippen LogP contribution in [0.25, 0.3) is 0 Å². The highest BCUT2D eigenvalue weighted by atomic mass is 16.5. The van der Waals surface area contributed by atoms with E-state index in [9.17, 15) is 4.79 Å². The van der Waals surface area contributed by atoms with Crippen LogP contribution in [0.15, 0.2) is 30.3 Å². The fourth-order valence-corrected chi connectivity index (χ4v) is 2.27. The number of benzene rings is 1. The van der Waals surface area contributed by atoms with Crippen molar-refractivity contribution in [3.63, 3.8) is 0 Å². The SMILES string of the molecule is O=CC1CCCCC1OCc1ccccc1. The van der Waals surface area contributed by atoms with E-state index in [0.29, 0.717) is 6.61 Å². The van der Waals surface area contributed by atoms with Gasteiger partial charge < -0.3 is 9.53 Å². The highest BCUT2D eigenvalue weighted by Crippen LogP contribution is 2.26. The van der Waals surface area contributed by atoms with Crippen molar-refractivity contribution < 1.29 is 9.53 Å². The summed E-state index contributed by atoms with van der Waals surface area (Å²) >= 11 is 0. The number of carbonyl (C=O) groups is 1. The predicted octanol–water partition coefficient (Wildman–Crippen LogP) is 2.96. The Bertz CT molecular complexity index is 321. The zero-order valence-corrected chi connectivity index (χ0v) is 9.47. The maximum atomic E-state index is 10.9. The van der Waals surface area contributed by atoms with Crippen LogP contribution in [0.1, 0.15) is 31.2 Å². The van der Waals surface area contributed by atoms with Crippen molar-refractivity contribution in [2.45, 2.75) is 38.4 Å². The maximum absolute atomic E-state index is 10.9. The summed E-state index contributed by atoms with van der Waals surface area (Å²) in [6.45, 7) is 0.621. The number of hydrogen-bond donors (Lipinski definition) is 0. The van der Waals surface area contributed by atoms with E-state index in [4.69, 9.17) is 4.74 Å². The van der Waals surface area contributed by atoms with Crippen molar-refractivity contribution >= 4 is 6.29 Å². The second-order valence-electron chi connectivity index (χ2n) is 4.42. The smallest absolute Gasteiger partial charge is 0.125 e. The fourth-order valence-electron chi connectivity index (χ4n) is 2.27. The fraction of sp³-hybridized carbons (Fsp3) is 0.500. The zero-order valence-electron chi connectivity index (χ0n) is 9.47. The molecule has 2 nitrogen and oxygen atoms in total. The van der Waals surface area contributed by atoms with Crippen LogP contribution in [0, 0.1) is 5.92 Å². The van der Waals surface area contributed by atoms with Crippen molar-refractivity contribution in [1.29, 1.82) is 0 Å². The average molecular weight is 218 g/mol. The van der Waals surface area contributed by atoms with Crippen LogP contribution in [0.2, 0.25) is 0 Å². The van der Waals surface area contributed by atoms with Gasteiger partial charge in [0.2, 0.25) is 0 Å². The van der Waals surface area contributed by atoms with Gasteiger partial charge in [-0.15, -0.1) is 0 Å². The Labute approximate surface area is 96.6 Å². The van der Waals surface area contributed by atoms with Gasteiger partial charge in [-0.05, 0) is 18.4 Å². The summed E-state index contributed by atoms with van der Waals surface area (Å²) in [5, 5.41) is 0. The molecular weight excluding hydrogens is 200 g/mol. The second kappa shape index (κ2) is 5.80. The monoisotopic (exact) mass is 218 g/mol. The molecule has 1 saturated carbocycles. The Kier molecular flexibility index (Phi) is 4.11. The molecule has 0 amide bonds. The van der Waals surface area contributed by atoms with Crippen LogP contribution in [0.4, 0.5) is 0 Å². The van der Waals surface area contributed by atoms with Crippen LogP contribution in [0.3, 0.4) is 0 Å². The molecule has 0 spiro atoms. The lowest BCUT2D eigenvalue weighted by Crippen LogP contribution is -2.28. The molecule has 0 N–H and O–H groups in total. The molecule has 16 heavy (non-hydrogen) atoms. The minimum Gasteiger partial charge on any atom is -0.373 e. The molecular formula is C14H18O2. The van der Waals surface area contributed by atoms with E-state index in [1.807, 2.05) is 18.2 Å². The zero-order chi connectivity index (χ0) is 11.2. The molecule has 0 heterocycles. The molecule has 1 aliphatic carbocycles. The molecule has 0 saturated heterocycles. The molecule has 2 rings (SSSR count). The van der Waals surface area contributed by atoms with E-state index in [1.165, 1.54) is 12.0 Å². The quantitative estimate of drug-likeness (QED) is 0.726. The van der Waals surface area contributed by atoms with E-state index in [0.717, 1.165) is 25.5 Å². The van der Waals surface area contributed by atoms with Crippen molar-refractivity contribution in [2.75, 3.05) is 0 Å². The third-order valence-corrected chi connectivity index (χ3v) is 3.24. The Hall–Kier alpha value is -1.15. The van der Waals surface area contributed by atoms with Crippen LogP contribution >= 0.6 is 0 Å². The lowest BCUT2D eigenvalue weighted by Gasteiger charge is -2.27. The molecule has 2 heteroatoms. The summed E-state index contributed by atoms with van der Waals surface area (Å²) < 4.78 is 5.84. The van der Waals surface area contributed by atoms with Crippen molar-refractivity contribution in [3.05, 3.63) is 35.9 Å². The lowest BCUT2D eigenvalue weighted by atomic mass is 9.87. The van der Waals surface area contributed by atoms with E-state index < -0.39 is 0 Å². The number of ether oxygens (including phenoxy) is 1. The summed E-state index contributed by atoms with van der Waals surface area (Å²) in [5.41, 5.74) is 1.18. The summed E-state index contributed by atoms with van der Waals surface area (Å²) in [4.78, 5) is 10.9. The Balaban J connectivity index is 1.86. The molecule has 2 unspecified atom stereocenters. The Morgan fingerprint density at radius 1 is 1.19 bits per heavy atom. The minimum absolute atomic E-state index is 0.109. The van der Waals surface area contributed by atoms with Gasteiger partial charge in [0, 0.05) is 5.92 Å². The molecule has 1 aliphatic rings. The molecule has 0 aliphatic heterocycles. The normalized spacial score (nSPS) is 25.2. The topological polar surface area (TPSA) is 26.3 Å². The first-order chi connectivity index (χ1) is 7.90. The third-order valence-electron chi connectivity index (χ3n) is 3.24. The Morgan fingerprint density at radius 3 is 2.69 bits per heavy atom. The minimum atomic E-state index is 0.109. The summed E-state index contributed by atoms with van der Waals surface area (Å²) in [6.07, 6.45) is 5.55. The highest BCUT2D eigenvalue weighted by Gasteiger charge is 2.25. The van der Waals surface area contributed by atoms with Gasteiger partial charge in [0.05, 0.1) is 12.7 Å². The summed E-state index contributed by atoms with van der Waals surface area (Å²) in [6, 6.07) is 10.1. The van der Waals surface area contributed by atoms with E-state index in [2.05, 4.69) is 12.1 Å². The lowest BCUT2D eigenvalue weighted by molar-refractivity contribution is -0.118. The van der Waals surface area contributed by atoms with E-state index >= 15 is 0 Å². The number of aldehydes is 1. The van der Waals surface area contributed by atoms with Gasteiger partial charge in [0.25, 0.3) is 0 Å². The largest absolute Gasteiger partial charge is 0.373 e. The van der Waals surface area contributed by atoms with Gasteiger partial charge >= 0.3 is 0 Å². The predicted molar refractivity (Wildman–Crippen MR) is 63.0 cm³/mol. The molecule has 0 radical (unpaired) electrons. The van der Waals surface area contributed by atoms with Gasteiger partial charge in [-0.25, -0.2) is 0 Å². The first-order valence-electron chi connectivity index (χ1n) is 6.01. The van der Waals surface area contributed by atoms with Crippen LogP contribution in [-0.4, -0.2) is 12.4 Å². The average Bonchev–Trinajstić information content (AvgIpc) is 2.38. The standard InChI is InChI=1S/C14H18O2/c15-10-13-8-4-5-9-14(13)16-11-12-6-2-1-3-7-12/h1-3,6-7,10,13-14H,4-5,8-9,11H2. The number of rotatable bonds is 4. The molecule has 0 bridgehead atoms. The maximum Gasteiger partial charge on any atom is 0.125 e. The number of carbonyl (C=O) groups excluding carboxylic acids is 1. The first-order valence-corrected chi connectivity index (χ1v) is 6.01. The van der Waals surface area contributed by atoms with E-state index in [1.54, 1.807) is 0 Å². The molecule has 0 aromatic heterocycles. The second-order valence-corrected chi connectivity index (χ2v) is 4.42. The highest BCUT2D eigenvalue weighted by molar-refractivity contribution is 5.54. The van der Waals surface area contributed by atoms with Gasteiger partial charge in [-0.3, -0.25) is 0 Å². The molecule has 86 valence electrons. The van der Waals surface area contributed by atoms with Gasteiger partial charge in [-0.2, -0.15) is 0 Å². The van der Waals surface area contributed by atoms with Crippen molar-refractivity contribution in [2.24, 2.45) is 5.92 Å². The first kappa shape index (κ1) is 11.3. The van der Waals surface area contributed by atoms with E-state index in [-0.39, 0.29) is 12.0 Å². The number of hydrogen-bond acceptors (Lipinski definition) is 2. The molecule has 1 aromatic carbocycles. The van der Waals surface area contributed by atoms with Crippen LogP contribution in [0.5, 0.6) is 0 Å². The van der Waals surface area contributed by atoms with Crippen LogP contribution < -0.4 is 0 Å². The molecule has 1 aromatic rings. The Morgan fingerprint density at radius 2 is 1.94 bits per heavy atom. The molecule has 2 atom stereocenters. The van der Waals surface area contributed by atoms with Crippen molar-refractivity contribution in [1.82, 2.24) is 0 Å². The third kappa shape index (κ3) is 2.92. The van der Waals surface area contributed by atoms with Gasteiger partial charge in [-0.1, -0.05) is 43.2 Å². The molecule has 1 fully saturated rings. The summed E-state index contributed by atoms with van der Waals surface area (Å²) in [7, 11) is 0.